The number of carbonyl (C=O) groups is 1. The van der Waals surface area contributed by atoms with Crippen LogP contribution in [0.2, 0.25) is 0 Å². The van der Waals surface area contributed by atoms with Gasteiger partial charge in [-0.2, -0.15) is 4.98 Å². The van der Waals surface area contributed by atoms with E-state index in [0.29, 0.717) is 29.8 Å². The zero-order chi connectivity index (χ0) is 15.1. The molecule has 0 bridgehead atoms. The molecule has 1 heterocycles. The Morgan fingerprint density at radius 3 is 3.05 bits per heavy atom. The molecule has 21 heavy (non-hydrogen) atoms. The Morgan fingerprint density at radius 2 is 2.29 bits per heavy atom. The third-order valence-electron chi connectivity index (χ3n) is 2.76. The molecule has 5 nitrogen and oxygen atoms in total. The number of rotatable bonds is 7. The van der Waals surface area contributed by atoms with Crippen LogP contribution in [-0.4, -0.2) is 28.3 Å². The minimum atomic E-state index is -0.0291. The Bertz CT molecular complexity index is 625. The van der Waals surface area contributed by atoms with Crippen molar-refractivity contribution in [2.75, 3.05) is 12.3 Å². The van der Waals surface area contributed by atoms with Crippen molar-refractivity contribution in [2.24, 2.45) is 0 Å². The molecule has 0 fully saturated rings. The molecular weight excluding hydrogens is 286 g/mol. The number of hydrogen-bond donors (Lipinski definition) is 1. The quantitative estimate of drug-likeness (QED) is 0.796. The minimum Gasteiger partial charge on any atom is -0.352 e. The number of carbonyl (C=O) groups excluding carboxylic acids is 1. The lowest BCUT2D eigenvalue weighted by atomic mass is 10.1. The van der Waals surface area contributed by atoms with E-state index < -0.39 is 0 Å². The van der Waals surface area contributed by atoms with Crippen molar-refractivity contribution in [3.63, 3.8) is 0 Å². The van der Waals surface area contributed by atoms with E-state index in [1.807, 2.05) is 31.2 Å². The Labute approximate surface area is 127 Å². The Morgan fingerprint density at radius 1 is 1.48 bits per heavy atom. The average molecular weight is 303 g/mol. The molecule has 1 aromatic carbocycles. The lowest BCUT2D eigenvalue weighted by Crippen LogP contribution is -2.24. The second-order valence-corrected chi connectivity index (χ2v) is 5.40. The number of thioether (sulfide) groups is 1. The predicted molar refractivity (Wildman–Crippen MR) is 83.8 cm³/mol. The molecule has 0 aliphatic carbocycles. The Hall–Kier alpha value is -2.08. The van der Waals surface area contributed by atoms with E-state index >= 15 is 0 Å². The Balaban J connectivity index is 1.88. The van der Waals surface area contributed by atoms with Gasteiger partial charge in [0, 0.05) is 12.1 Å². The number of aryl methyl sites for hydroxylation is 1. The summed E-state index contributed by atoms with van der Waals surface area (Å²) < 4.78 is 5.21. The summed E-state index contributed by atoms with van der Waals surface area (Å²) in [7, 11) is 0. The fourth-order valence-electron chi connectivity index (χ4n) is 1.71. The predicted octanol–water partition coefficient (Wildman–Crippen LogP) is 2.58. The molecule has 0 radical (unpaired) electrons. The van der Waals surface area contributed by atoms with Crippen molar-refractivity contribution in [1.29, 1.82) is 0 Å². The van der Waals surface area contributed by atoms with Crippen LogP contribution in [0.1, 0.15) is 11.5 Å². The van der Waals surface area contributed by atoms with Crippen molar-refractivity contribution in [1.82, 2.24) is 15.5 Å². The van der Waals surface area contributed by atoms with Crippen molar-refractivity contribution in [3.05, 3.63) is 48.4 Å². The molecule has 0 atom stereocenters. The fraction of sp³-hybridized carbons (Fsp3) is 0.267. The van der Waals surface area contributed by atoms with Crippen LogP contribution >= 0.6 is 11.8 Å². The lowest BCUT2D eigenvalue weighted by molar-refractivity contribution is -0.118. The van der Waals surface area contributed by atoms with Crippen LogP contribution in [0.3, 0.4) is 0 Å². The molecule has 6 heteroatoms. The summed E-state index contributed by atoms with van der Waals surface area (Å²) >= 11 is 1.44. The molecule has 0 saturated heterocycles. The van der Waals surface area contributed by atoms with Crippen LogP contribution in [0.25, 0.3) is 11.4 Å². The SMILES string of the molecule is C=CCNC(=O)CSCc1nc(-c2ccccc2C)no1. The molecule has 1 aromatic heterocycles. The summed E-state index contributed by atoms with van der Waals surface area (Å²) in [6, 6.07) is 7.87. The van der Waals surface area contributed by atoms with Gasteiger partial charge in [-0.1, -0.05) is 35.5 Å². The maximum atomic E-state index is 11.4. The van der Waals surface area contributed by atoms with Gasteiger partial charge in [-0.3, -0.25) is 4.79 Å². The van der Waals surface area contributed by atoms with Gasteiger partial charge in [0.2, 0.25) is 17.6 Å². The topological polar surface area (TPSA) is 68.0 Å². The van der Waals surface area contributed by atoms with Crippen molar-refractivity contribution in [3.8, 4) is 11.4 Å². The average Bonchev–Trinajstić information content (AvgIpc) is 2.94. The summed E-state index contributed by atoms with van der Waals surface area (Å²) in [5.74, 6) is 1.95. The maximum absolute atomic E-state index is 11.4. The monoisotopic (exact) mass is 303 g/mol. The van der Waals surface area contributed by atoms with Crippen LogP contribution in [0, 0.1) is 6.92 Å². The van der Waals surface area contributed by atoms with Crippen molar-refractivity contribution < 1.29 is 9.32 Å². The highest BCUT2D eigenvalue weighted by atomic mass is 32.2. The molecule has 0 aliphatic heterocycles. The largest absolute Gasteiger partial charge is 0.352 e. The normalized spacial score (nSPS) is 10.3. The highest BCUT2D eigenvalue weighted by Crippen LogP contribution is 2.21. The molecular formula is C15H17N3O2S. The summed E-state index contributed by atoms with van der Waals surface area (Å²) in [4.78, 5) is 15.8. The smallest absolute Gasteiger partial charge is 0.236 e. The highest BCUT2D eigenvalue weighted by molar-refractivity contribution is 7.99. The maximum Gasteiger partial charge on any atom is 0.236 e. The first-order valence-electron chi connectivity index (χ1n) is 6.54. The molecule has 0 saturated carbocycles. The van der Waals surface area contributed by atoms with Gasteiger partial charge < -0.3 is 9.84 Å². The van der Waals surface area contributed by atoms with Gasteiger partial charge in [-0.05, 0) is 12.5 Å². The number of aromatic nitrogens is 2. The first kappa shape index (κ1) is 15.3. The van der Waals surface area contributed by atoms with Gasteiger partial charge in [0.25, 0.3) is 0 Å². The van der Waals surface area contributed by atoms with Crippen LogP contribution in [0.5, 0.6) is 0 Å². The van der Waals surface area contributed by atoms with E-state index in [1.165, 1.54) is 11.8 Å². The van der Waals surface area contributed by atoms with E-state index in [1.54, 1.807) is 6.08 Å². The van der Waals surface area contributed by atoms with E-state index in [0.717, 1.165) is 11.1 Å². The molecule has 1 N–H and O–H groups in total. The summed E-state index contributed by atoms with van der Waals surface area (Å²) in [6.07, 6.45) is 1.65. The molecule has 2 rings (SSSR count). The zero-order valence-electron chi connectivity index (χ0n) is 11.8. The number of benzene rings is 1. The zero-order valence-corrected chi connectivity index (χ0v) is 12.7. The Kier molecular flexibility index (Phi) is 5.57. The molecule has 2 aromatic rings. The van der Waals surface area contributed by atoms with Gasteiger partial charge >= 0.3 is 0 Å². The van der Waals surface area contributed by atoms with E-state index in [2.05, 4.69) is 22.0 Å². The third-order valence-corrected chi connectivity index (χ3v) is 3.67. The standard InChI is InChI=1S/C15H17N3O2S/c1-3-8-16-13(19)9-21-10-14-17-15(18-20-14)12-7-5-4-6-11(12)2/h3-7H,1,8-10H2,2H3,(H,16,19). The van der Waals surface area contributed by atoms with E-state index in [4.69, 9.17) is 4.52 Å². The van der Waals surface area contributed by atoms with Crippen molar-refractivity contribution >= 4 is 17.7 Å². The second-order valence-electron chi connectivity index (χ2n) is 4.41. The summed E-state index contributed by atoms with van der Waals surface area (Å²) in [5.41, 5.74) is 2.06. The molecule has 110 valence electrons. The van der Waals surface area contributed by atoms with Gasteiger partial charge in [0.05, 0.1) is 11.5 Å². The molecule has 0 unspecified atom stereocenters. The van der Waals surface area contributed by atoms with Crippen LogP contribution in [0.4, 0.5) is 0 Å². The van der Waals surface area contributed by atoms with Gasteiger partial charge in [0.15, 0.2) is 0 Å². The number of hydrogen-bond acceptors (Lipinski definition) is 5. The number of amides is 1. The number of nitrogens with zero attached hydrogens (tertiary/aromatic N) is 2. The molecule has 0 aliphatic rings. The fourth-order valence-corrected chi connectivity index (χ4v) is 2.40. The van der Waals surface area contributed by atoms with Gasteiger partial charge in [0.1, 0.15) is 0 Å². The first-order chi connectivity index (χ1) is 10.2. The summed E-state index contributed by atoms with van der Waals surface area (Å²) in [6.45, 7) is 6.03. The molecule has 1 amide bonds. The second kappa shape index (κ2) is 7.64. The first-order valence-corrected chi connectivity index (χ1v) is 7.70. The van der Waals surface area contributed by atoms with Crippen LogP contribution in [-0.2, 0) is 10.5 Å². The number of nitrogens with one attached hydrogen (secondary N) is 1. The minimum absolute atomic E-state index is 0.0291. The van der Waals surface area contributed by atoms with Crippen LogP contribution < -0.4 is 5.32 Å². The van der Waals surface area contributed by atoms with E-state index in [-0.39, 0.29) is 5.91 Å². The van der Waals surface area contributed by atoms with Crippen LogP contribution in [0.15, 0.2) is 41.4 Å². The summed E-state index contributed by atoms with van der Waals surface area (Å²) in [5, 5.41) is 6.69. The lowest BCUT2D eigenvalue weighted by Gasteiger charge is -2.00. The molecule has 0 spiro atoms. The van der Waals surface area contributed by atoms with E-state index in [9.17, 15) is 4.79 Å². The van der Waals surface area contributed by atoms with Crippen molar-refractivity contribution in [2.45, 2.75) is 12.7 Å². The third kappa shape index (κ3) is 4.46. The van der Waals surface area contributed by atoms with Gasteiger partial charge in [-0.25, -0.2) is 0 Å². The highest BCUT2D eigenvalue weighted by Gasteiger charge is 2.11. The van der Waals surface area contributed by atoms with Gasteiger partial charge in [-0.15, -0.1) is 18.3 Å².